The van der Waals surface area contributed by atoms with Gasteiger partial charge >= 0.3 is 5.91 Å². The van der Waals surface area contributed by atoms with Crippen molar-refractivity contribution in [2.75, 3.05) is 0 Å². The van der Waals surface area contributed by atoms with Gasteiger partial charge in [0.05, 0.1) is 0 Å². The summed E-state index contributed by atoms with van der Waals surface area (Å²) in [6, 6.07) is 3.31. The molecule has 2 saturated carbocycles. The number of hydrogen-bond donors (Lipinski definition) is 1. The highest BCUT2D eigenvalue weighted by Gasteiger charge is 2.38. The molecule has 1 aromatic rings. The fourth-order valence-corrected chi connectivity index (χ4v) is 3.47. The van der Waals surface area contributed by atoms with Crippen LogP contribution >= 0.6 is 15.9 Å². The zero-order valence-electron chi connectivity index (χ0n) is 9.93. The first-order valence-electron chi connectivity index (χ1n) is 6.31. The molecule has 96 valence electrons. The molecule has 3 rings (SSSR count). The second-order valence-electron chi connectivity index (χ2n) is 5.16. The second kappa shape index (κ2) is 4.88. The Labute approximate surface area is 114 Å². The average Bonchev–Trinajstić information content (AvgIpc) is 3.04. The van der Waals surface area contributed by atoms with E-state index >= 15 is 0 Å². The van der Waals surface area contributed by atoms with E-state index in [9.17, 15) is 4.79 Å². The Morgan fingerprint density at radius 2 is 2.33 bits per heavy atom. The van der Waals surface area contributed by atoms with Crippen LogP contribution in [0.3, 0.4) is 0 Å². The lowest BCUT2D eigenvalue weighted by Crippen LogP contribution is -2.19. The maximum Gasteiger partial charge on any atom is 0.307 e. The third kappa shape index (κ3) is 2.36. The lowest BCUT2D eigenvalue weighted by molar-refractivity contribution is 0.0926. The molecule has 2 aliphatic carbocycles. The molecule has 0 saturated heterocycles. The number of amides is 1. The lowest BCUT2D eigenvalue weighted by atomic mass is 9.90. The Kier molecular flexibility index (Phi) is 3.24. The van der Waals surface area contributed by atoms with Crippen LogP contribution < -0.4 is 5.43 Å². The van der Waals surface area contributed by atoms with Crippen molar-refractivity contribution in [1.82, 2.24) is 5.43 Å². The molecule has 1 amide bonds. The minimum atomic E-state index is -0.305. The number of hydrazone groups is 1. The van der Waals surface area contributed by atoms with Gasteiger partial charge in [-0.3, -0.25) is 4.79 Å². The van der Waals surface area contributed by atoms with Crippen molar-refractivity contribution in [3.63, 3.8) is 0 Å². The summed E-state index contributed by atoms with van der Waals surface area (Å²) in [7, 11) is 0. The van der Waals surface area contributed by atoms with Crippen LogP contribution in [-0.2, 0) is 0 Å². The molecule has 0 aromatic carbocycles. The molecule has 1 heterocycles. The van der Waals surface area contributed by atoms with Crippen molar-refractivity contribution in [1.29, 1.82) is 0 Å². The molecule has 1 N–H and O–H groups in total. The molecular weight excluding hydrogens is 296 g/mol. The van der Waals surface area contributed by atoms with E-state index in [4.69, 9.17) is 4.42 Å². The molecule has 0 unspecified atom stereocenters. The van der Waals surface area contributed by atoms with Gasteiger partial charge < -0.3 is 4.42 Å². The zero-order chi connectivity index (χ0) is 12.5. The van der Waals surface area contributed by atoms with Crippen LogP contribution in [0.25, 0.3) is 0 Å². The van der Waals surface area contributed by atoms with Crippen LogP contribution in [-0.4, -0.2) is 12.1 Å². The molecule has 18 heavy (non-hydrogen) atoms. The third-order valence-electron chi connectivity index (χ3n) is 4.02. The van der Waals surface area contributed by atoms with Crippen LogP contribution in [0.5, 0.6) is 0 Å². The lowest BCUT2D eigenvalue weighted by Gasteiger charge is -2.16. The predicted molar refractivity (Wildman–Crippen MR) is 71.3 cm³/mol. The molecule has 2 fully saturated rings. The SMILES string of the molecule is O=C(NN=C[C@@H]1C[C@H]2CC[C@H]1C2)c1ccc(Br)o1. The largest absolute Gasteiger partial charge is 0.444 e. The van der Waals surface area contributed by atoms with Crippen molar-refractivity contribution >= 4 is 28.1 Å². The summed E-state index contributed by atoms with van der Waals surface area (Å²) in [4.78, 5) is 11.7. The quantitative estimate of drug-likeness (QED) is 0.688. The molecular formula is C13H15BrN2O2. The van der Waals surface area contributed by atoms with E-state index in [1.165, 1.54) is 25.7 Å². The van der Waals surface area contributed by atoms with Gasteiger partial charge in [-0.05, 0) is 65.1 Å². The standard InChI is InChI=1S/C13H15BrN2O2/c14-12-4-3-11(18-12)13(17)16-15-7-10-6-8-1-2-9(10)5-8/h3-4,7-10H,1-2,5-6H2,(H,16,17)/t8-,9-,10-/m0/s1. The number of fused-ring (bicyclic) bond motifs is 2. The minimum Gasteiger partial charge on any atom is -0.444 e. The van der Waals surface area contributed by atoms with Crippen molar-refractivity contribution in [3.05, 3.63) is 22.6 Å². The molecule has 5 heteroatoms. The fourth-order valence-electron chi connectivity index (χ4n) is 3.16. The van der Waals surface area contributed by atoms with Crippen LogP contribution in [0.4, 0.5) is 0 Å². The van der Waals surface area contributed by atoms with Gasteiger partial charge in [-0.1, -0.05) is 6.42 Å². The van der Waals surface area contributed by atoms with E-state index in [1.54, 1.807) is 12.1 Å². The third-order valence-corrected chi connectivity index (χ3v) is 4.45. The summed E-state index contributed by atoms with van der Waals surface area (Å²) in [6.07, 6.45) is 7.17. The molecule has 3 atom stereocenters. The maximum atomic E-state index is 11.7. The van der Waals surface area contributed by atoms with Gasteiger partial charge in [0.25, 0.3) is 0 Å². The summed E-state index contributed by atoms with van der Waals surface area (Å²) in [5, 5.41) is 4.06. The molecule has 0 aliphatic heterocycles. The van der Waals surface area contributed by atoms with Gasteiger partial charge in [-0.25, -0.2) is 5.43 Å². The summed E-state index contributed by atoms with van der Waals surface area (Å²) < 4.78 is 5.69. The minimum absolute atomic E-state index is 0.270. The Balaban J connectivity index is 1.53. The number of halogens is 1. The second-order valence-corrected chi connectivity index (χ2v) is 5.94. The van der Waals surface area contributed by atoms with Crippen LogP contribution in [0.15, 0.2) is 26.3 Å². The van der Waals surface area contributed by atoms with Gasteiger partial charge in [0.1, 0.15) is 0 Å². The van der Waals surface area contributed by atoms with E-state index in [-0.39, 0.29) is 11.7 Å². The number of nitrogens with zero attached hydrogens (tertiary/aromatic N) is 1. The summed E-state index contributed by atoms with van der Waals surface area (Å²) >= 11 is 3.16. The van der Waals surface area contributed by atoms with E-state index in [1.807, 2.05) is 6.21 Å². The first-order valence-corrected chi connectivity index (χ1v) is 7.10. The van der Waals surface area contributed by atoms with Crippen LogP contribution in [0.2, 0.25) is 0 Å². The average molecular weight is 311 g/mol. The molecule has 4 nitrogen and oxygen atoms in total. The van der Waals surface area contributed by atoms with Crippen molar-refractivity contribution < 1.29 is 9.21 Å². The van der Waals surface area contributed by atoms with E-state index in [0.717, 1.165) is 11.8 Å². The monoisotopic (exact) mass is 310 g/mol. The van der Waals surface area contributed by atoms with E-state index in [2.05, 4.69) is 26.5 Å². The normalized spacial score (nSPS) is 30.2. The van der Waals surface area contributed by atoms with E-state index < -0.39 is 0 Å². The Morgan fingerprint density at radius 3 is 2.94 bits per heavy atom. The number of carbonyl (C=O) groups is 1. The molecule has 2 aliphatic rings. The number of rotatable bonds is 3. The Hall–Kier alpha value is -1.10. The number of furan rings is 1. The van der Waals surface area contributed by atoms with Crippen LogP contribution in [0.1, 0.15) is 36.2 Å². The Bertz CT molecular complexity index is 483. The van der Waals surface area contributed by atoms with Gasteiger partial charge in [0.2, 0.25) is 0 Å². The highest BCUT2D eigenvalue weighted by molar-refractivity contribution is 9.10. The zero-order valence-corrected chi connectivity index (χ0v) is 11.5. The molecule has 0 spiro atoms. The first kappa shape index (κ1) is 12.0. The number of nitrogens with one attached hydrogen (secondary N) is 1. The Morgan fingerprint density at radius 1 is 1.44 bits per heavy atom. The van der Waals surface area contributed by atoms with E-state index in [0.29, 0.717) is 10.6 Å². The van der Waals surface area contributed by atoms with Gasteiger partial charge in [0, 0.05) is 6.21 Å². The molecule has 2 bridgehead atoms. The van der Waals surface area contributed by atoms with Crippen molar-refractivity contribution in [3.8, 4) is 0 Å². The van der Waals surface area contributed by atoms with Crippen molar-refractivity contribution in [2.24, 2.45) is 22.9 Å². The summed E-state index contributed by atoms with van der Waals surface area (Å²) in [5.41, 5.74) is 2.51. The van der Waals surface area contributed by atoms with Gasteiger partial charge in [-0.2, -0.15) is 5.10 Å². The molecule has 1 aromatic heterocycles. The van der Waals surface area contributed by atoms with Gasteiger partial charge in [0.15, 0.2) is 10.4 Å². The number of hydrogen-bond acceptors (Lipinski definition) is 3. The molecule has 0 radical (unpaired) electrons. The fraction of sp³-hybridized carbons (Fsp3) is 0.538. The van der Waals surface area contributed by atoms with Crippen LogP contribution in [0, 0.1) is 17.8 Å². The first-order chi connectivity index (χ1) is 8.72. The summed E-state index contributed by atoms with van der Waals surface area (Å²) in [5.74, 6) is 2.19. The van der Waals surface area contributed by atoms with Gasteiger partial charge in [-0.15, -0.1) is 0 Å². The highest BCUT2D eigenvalue weighted by Crippen LogP contribution is 2.47. The van der Waals surface area contributed by atoms with Crippen molar-refractivity contribution in [2.45, 2.75) is 25.7 Å². The smallest absolute Gasteiger partial charge is 0.307 e. The predicted octanol–water partition coefficient (Wildman–Crippen LogP) is 3.19. The number of carbonyl (C=O) groups excluding carboxylic acids is 1. The topological polar surface area (TPSA) is 54.6 Å². The highest BCUT2D eigenvalue weighted by atomic mass is 79.9. The maximum absolute atomic E-state index is 11.7. The summed E-state index contributed by atoms with van der Waals surface area (Å²) in [6.45, 7) is 0.